The van der Waals surface area contributed by atoms with Gasteiger partial charge in [-0.3, -0.25) is 14.7 Å². The van der Waals surface area contributed by atoms with Gasteiger partial charge in [0, 0.05) is 43.1 Å². The molecule has 2 aromatic rings. The number of amides is 1. The van der Waals surface area contributed by atoms with Crippen LogP contribution in [0.3, 0.4) is 0 Å². The molecular weight excluding hydrogens is 440 g/mol. The number of thiophene rings is 1. The lowest BCUT2D eigenvalue weighted by molar-refractivity contribution is -0.124. The maximum absolute atomic E-state index is 12.0. The summed E-state index contributed by atoms with van der Waals surface area (Å²) in [4.78, 5) is 19.6. The summed E-state index contributed by atoms with van der Waals surface area (Å²) in [5, 5.41) is 10.6. The first kappa shape index (κ1) is 21.9. The lowest BCUT2D eigenvalue weighted by Gasteiger charge is -2.35. The molecule has 3 N–H and O–H groups in total. The number of aliphatic imine (C=N–C) groups is 1. The van der Waals surface area contributed by atoms with E-state index in [0.29, 0.717) is 32.1 Å². The van der Waals surface area contributed by atoms with Crippen molar-refractivity contribution < 1.29 is 14.3 Å². The van der Waals surface area contributed by atoms with Gasteiger partial charge in [-0.1, -0.05) is 6.07 Å². The first-order valence-electron chi connectivity index (χ1n) is 11.0. The number of hydrazone groups is 1. The Balaban J connectivity index is 1.60. The van der Waals surface area contributed by atoms with Gasteiger partial charge in [-0.25, -0.2) is 4.99 Å². The lowest BCUT2D eigenvalue weighted by Crippen LogP contribution is -2.52. The molecule has 3 aliphatic heterocycles. The average Bonchev–Trinajstić information content (AvgIpc) is 3.33. The minimum Gasteiger partial charge on any atom is -0.495 e. The molecular formula is C23H28N6O3S. The largest absolute Gasteiger partial charge is 0.495 e. The van der Waals surface area contributed by atoms with Crippen LogP contribution in [0.15, 0.2) is 34.0 Å². The van der Waals surface area contributed by atoms with Crippen molar-refractivity contribution in [1.82, 2.24) is 15.2 Å². The predicted molar refractivity (Wildman–Crippen MR) is 131 cm³/mol. The molecule has 0 radical (unpaired) electrons. The maximum Gasteiger partial charge on any atom is 0.234 e. The summed E-state index contributed by atoms with van der Waals surface area (Å²) in [6.07, 6.45) is 1.50. The third-order valence-corrected chi connectivity index (χ3v) is 7.57. The maximum atomic E-state index is 12.0. The molecule has 0 aliphatic carbocycles. The molecule has 4 heterocycles. The molecule has 0 saturated carbocycles. The minimum absolute atomic E-state index is 0.0131. The van der Waals surface area contributed by atoms with Crippen LogP contribution in [0.1, 0.15) is 10.4 Å². The topological polar surface area (TPSA) is 105 Å². The second kappa shape index (κ2) is 8.77. The molecule has 0 spiro atoms. The van der Waals surface area contributed by atoms with Crippen LogP contribution >= 0.6 is 11.3 Å². The van der Waals surface area contributed by atoms with Gasteiger partial charge in [0.1, 0.15) is 17.8 Å². The van der Waals surface area contributed by atoms with E-state index in [1.54, 1.807) is 25.6 Å². The van der Waals surface area contributed by atoms with Crippen LogP contribution < -0.4 is 15.8 Å². The van der Waals surface area contributed by atoms with Crippen molar-refractivity contribution in [3.63, 3.8) is 0 Å². The number of hydrogen-bond donors (Lipinski definition) is 2. The summed E-state index contributed by atoms with van der Waals surface area (Å²) >= 11 is 1.69. The molecule has 0 bridgehead atoms. The predicted octanol–water partition coefficient (Wildman–Crippen LogP) is 1.62. The number of nitrogens with one attached hydrogen (secondary N) is 1. The van der Waals surface area contributed by atoms with E-state index in [1.807, 2.05) is 5.01 Å². The zero-order valence-corrected chi connectivity index (χ0v) is 19.8. The Kier molecular flexibility index (Phi) is 5.81. The van der Waals surface area contributed by atoms with E-state index in [1.165, 1.54) is 6.34 Å². The Morgan fingerprint density at radius 1 is 1.30 bits per heavy atom. The first-order valence-corrected chi connectivity index (χ1v) is 11.8. The number of amidine groups is 1. The fraction of sp³-hybridized carbons (Fsp3) is 0.435. The van der Waals surface area contributed by atoms with E-state index in [9.17, 15) is 4.79 Å². The normalized spacial score (nSPS) is 23.2. The third-order valence-electron chi connectivity index (χ3n) is 6.37. The molecule has 1 amide bonds. The van der Waals surface area contributed by atoms with Gasteiger partial charge >= 0.3 is 0 Å². The average molecular weight is 469 g/mol. The quantitative estimate of drug-likeness (QED) is 0.668. The van der Waals surface area contributed by atoms with Crippen molar-refractivity contribution in [3.8, 4) is 5.75 Å². The number of ether oxygens (including phenoxy) is 2. The number of nitrogens with two attached hydrogens (primary N) is 1. The highest BCUT2D eigenvalue weighted by Crippen LogP contribution is 2.47. The van der Waals surface area contributed by atoms with E-state index < -0.39 is 0 Å². The summed E-state index contributed by atoms with van der Waals surface area (Å²) < 4.78 is 12.4. The Labute approximate surface area is 196 Å². The number of aryl methyl sites for hydroxylation is 1. The van der Waals surface area contributed by atoms with Crippen molar-refractivity contribution >= 4 is 45.1 Å². The van der Waals surface area contributed by atoms with E-state index in [0.717, 1.165) is 44.1 Å². The number of hydrogen-bond acceptors (Lipinski definition) is 9. The number of piperazine rings is 1. The van der Waals surface area contributed by atoms with Crippen molar-refractivity contribution in [2.45, 2.75) is 13.0 Å². The molecule has 1 aromatic carbocycles. The second-order valence-corrected chi connectivity index (χ2v) is 9.61. The zero-order chi connectivity index (χ0) is 23.1. The third kappa shape index (κ3) is 3.88. The highest BCUT2D eigenvalue weighted by atomic mass is 32.1. The van der Waals surface area contributed by atoms with E-state index in [2.05, 4.69) is 45.4 Å². The number of carbonyl (C=O) groups excluding carboxylic acids is 1. The number of methoxy groups -OCH3 is 2. The summed E-state index contributed by atoms with van der Waals surface area (Å²) in [5.74, 6) is 1.37. The fourth-order valence-corrected chi connectivity index (χ4v) is 6.21. The van der Waals surface area contributed by atoms with Crippen LogP contribution in [0.25, 0.3) is 15.7 Å². The van der Waals surface area contributed by atoms with Crippen molar-refractivity contribution in [1.29, 1.82) is 0 Å². The van der Waals surface area contributed by atoms with Gasteiger partial charge in [-0.15, -0.1) is 11.3 Å². The van der Waals surface area contributed by atoms with Gasteiger partial charge in [-0.2, -0.15) is 5.10 Å². The molecule has 174 valence electrons. The SMILES string of the molecule is COCC1C(c2cc3cc(C)cc(OC)c3s2)=C2C(N)=NC=NN2C1CN1CCNC(=O)C1. The molecule has 5 rings (SSSR count). The van der Waals surface area contributed by atoms with Gasteiger partial charge in [-0.05, 0) is 30.0 Å². The lowest BCUT2D eigenvalue weighted by atomic mass is 9.92. The molecule has 1 aromatic heterocycles. The molecule has 2 atom stereocenters. The smallest absolute Gasteiger partial charge is 0.234 e. The van der Waals surface area contributed by atoms with E-state index >= 15 is 0 Å². The van der Waals surface area contributed by atoms with E-state index in [-0.39, 0.29) is 17.9 Å². The molecule has 10 heteroatoms. The summed E-state index contributed by atoms with van der Waals surface area (Å²) in [6, 6.07) is 6.39. The number of benzene rings is 1. The minimum atomic E-state index is -0.0278. The molecule has 1 fully saturated rings. The molecule has 2 unspecified atom stereocenters. The van der Waals surface area contributed by atoms with Gasteiger partial charge in [0.25, 0.3) is 0 Å². The van der Waals surface area contributed by atoms with Gasteiger partial charge in [0.05, 0.1) is 31.0 Å². The van der Waals surface area contributed by atoms with Crippen molar-refractivity contribution in [2.75, 3.05) is 47.0 Å². The number of carbonyl (C=O) groups is 1. The van der Waals surface area contributed by atoms with Crippen LogP contribution in [0, 0.1) is 12.8 Å². The standard InChI is InChI=1S/C23H28N6O3S/c1-13-6-14-8-18(33-22(14)17(7-13)32-3)20-15(11-31-2)16(9-28-5-4-25-19(30)10-28)29-21(20)23(24)26-12-27-29/h6-8,12,15-16H,4-5,9-11H2,1-3H3,(H,25,30)(H2,24,26,27). The van der Waals surface area contributed by atoms with Crippen LogP contribution in [-0.2, 0) is 9.53 Å². The van der Waals surface area contributed by atoms with Crippen molar-refractivity contribution in [3.05, 3.63) is 34.3 Å². The van der Waals surface area contributed by atoms with E-state index in [4.69, 9.17) is 15.2 Å². The molecule has 3 aliphatic rings. The van der Waals surface area contributed by atoms with Crippen LogP contribution in [0.2, 0.25) is 0 Å². The Bertz CT molecular complexity index is 1190. The highest BCUT2D eigenvalue weighted by Gasteiger charge is 2.45. The monoisotopic (exact) mass is 468 g/mol. The number of fused-ring (bicyclic) bond motifs is 2. The second-order valence-electron chi connectivity index (χ2n) is 8.56. The zero-order valence-electron chi connectivity index (χ0n) is 19.0. The fourth-order valence-electron chi connectivity index (χ4n) is 4.97. The Hall–Kier alpha value is -2.95. The Morgan fingerprint density at radius 3 is 2.91 bits per heavy atom. The highest BCUT2D eigenvalue weighted by molar-refractivity contribution is 7.20. The number of nitrogens with zero attached hydrogens (tertiary/aromatic N) is 4. The van der Waals surface area contributed by atoms with Crippen LogP contribution in [0.4, 0.5) is 0 Å². The molecule has 1 saturated heterocycles. The number of rotatable bonds is 6. The van der Waals surface area contributed by atoms with Crippen molar-refractivity contribution in [2.24, 2.45) is 21.7 Å². The molecule has 33 heavy (non-hydrogen) atoms. The summed E-state index contributed by atoms with van der Waals surface area (Å²) in [6.45, 7) is 5.07. The van der Waals surface area contributed by atoms with Crippen LogP contribution in [0.5, 0.6) is 5.75 Å². The van der Waals surface area contributed by atoms with Gasteiger partial charge in [0.15, 0.2) is 5.84 Å². The van der Waals surface area contributed by atoms with Gasteiger partial charge < -0.3 is 20.5 Å². The first-order chi connectivity index (χ1) is 16.0. The molecule has 9 nitrogen and oxygen atoms in total. The summed E-state index contributed by atoms with van der Waals surface area (Å²) in [5.41, 5.74) is 9.48. The Morgan fingerprint density at radius 2 is 2.15 bits per heavy atom. The van der Waals surface area contributed by atoms with Gasteiger partial charge in [0.2, 0.25) is 5.91 Å². The summed E-state index contributed by atoms with van der Waals surface area (Å²) in [7, 11) is 3.41. The van der Waals surface area contributed by atoms with Crippen LogP contribution in [-0.4, -0.2) is 81.0 Å².